The van der Waals surface area contributed by atoms with Gasteiger partial charge in [-0.2, -0.15) is 10.3 Å². The highest BCUT2D eigenvalue weighted by atomic mass is 32.1. The smallest absolute Gasteiger partial charge is 0.385 e. The highest BCUT2D eigenvalue weighted by Crippen LogP contribution is 2.32. The molecular formula is C41H36N8O5S. The molecule has 3 heterocycles. The number of hydrazine groups is 1. The van der Waals surface area contributed by atoms with E-state index in [1.807, 2.05) is 78.9 Å². The summed E-state index contributed by atoms with van der Waals surface area (Å²) in [6, 6.07) is 32.1. The van der Waals surface area contributed by atoms with Crippen LogP contribution < -0.4 is 11.1 Å². The Balaban J connectivity index is 1.13. The van der Waals surface area contributed by atoms with Gasteiger partial charge in [-0.25, -0.2) is 19.6 Å². The number of nitrogens with one attached hydrogen (secondary N) is 1. The number of para-hydroxylation sites is 1. The fraction of sp³-hybridized carbons (Fsp3) is 0.220. The van der Waals surface area contributed by atoms with Crippen LogP contribution in [0, 0.1) is 23.2 Å². The summed E-state index contributed by atoms with van der Waals surface area (Å²) in [7, 11) is 0. The van der Waals surface area contributed by atoms with Crippen molar-refractivity contribution in [2.75, 3.05) is 25.4 Å². The van der Waals surface area contributed by atoms with Gasteiger partial charge in [0, 0.05) is 31.0 Å². The molecule has 3 N–H and O–H groups in total. The van der Waals surface area contributed by atoms with E-state index in [1.165, 1.54) is 21.2 Å². The second kappa shape index (κ2) is 16.5. The van der Waals surface area contributed by atoms with Gasteiger partial charge in [-0.3, -0.25) is 9.59 Å². The number of benzene rings is 4. The number of piperazine rings is 1. The lowest BCUT2D eigenvalue weighted by molar-refractivity contribution is -0.157. The Kier molecular flexibility index (Phi) is 11.0. The molecule has 55 heavy (non-hydrogen) atoms. The molecule has 2 saturated heterocycles. The van der Waals surface area contributed by atoms with Crippen LogP contribution >= 0.6 is 11.3 Å². The maximum atomic E-state index is 14.4. The molecule has 0 saturated carbocycles. The molecule has 7 rings (SSSR count). The molecule has 4 amide bonds. The molecule has 5 aromatic rings. The van der Waals surface area contributed by atoms with Gasteiger partial charge in [-0.05, 0) is 40.5 Å². The van der Waals surface area contributed by atoms with Crippen LogP contribution in [0.25, 0.3) is 10.2 Å². The zero-order valence-corrected chi connectivity index (χ0v) is 30.4. The van der Waals surface area contributed by atoms with Crippen molar-refractivity contribution in [2.24, 2.45) is 0 Å². The molecule has 0 aliphatic carbocycles. The number of amides is 4. The first-order valence-corrected chi connectivity index (χ1v) is 18.4. The van der Waals surface area contributed by atoms with Crippen molar-refractivity contribution in [1.82, 2.24) is 30.1 Å². The first-order chi connectivity index (χ1) is 26.8. The number of hydrogen-bond donors (Lipinski definition) is 2. The van der Waals surface area contributed by atoms with Crippen LogP contribution in [0.15, 0.2) is 103 Å². The molecule has 14 heteroatoms. The Morgan fingerprint density at radius 1 is 0.945 bits per heavy atom. The topological polar surface area (TPSA) is 165 Å². The standard InChI is InChI=1S/C41H36N8O5S/c42-20-21-47(41(53)44-23-30-8-3-1-4-9-30)48-26-36(50)49-33(39(52)46(25-35(48)49)24-32-12-7-13-34-38(32)45-40(43)55-34)22-29-16-14-28(15-17-29)18-19-37(51)54-27-31-10-5-2-6-11-31/h1-17,33,35H,21-27H2,(H2,43,45)(H,44,53)/t33-,35+/m0/s1. The Morgan fingerprint density at radius 3 is 2.40 bits per heavy atom. The summed E-state index contributed by atoms with van der Waals surface area (Å²) in [6.07, 6.45) is -0.567. The molecule has 0 radical (unpaired) electrons. The van der Waals surface area contributed by atoms with Gasteiger partial charge in [0.15, 0.2) is 5.13 Å². The lowest BCUT2D eigenvalue weighted by Gasteiger charge is -2.46. The van der Waals surface area contributed by atoms with Gasteiger partial charge in [0.1, 0.15) is 25.4 Å². The van der Waals surface area contributed by atoms with Crippen LogP contribution in [0.4, 0.5) is 9.93 Å². The van der Waals surface area contributed by atoms with E-state index in [0.717, 1.165) is 27.0 Å². The average molecular weight is 753 g/mol. The minimum atomic E-state index is -0.919. The summed E-state index contributed by atoms with van der Waals surface area (Å²) in [6.45, 7) is 0.107. The summed E-state index contributed by atoms with van der Waals surface area (Å²) < 4.78 is 6.14. The predicted octanol–water partition coefficient (Wildman–Crippen LogP) is 4.05. The first kappa shape index (κ1) is 36.6. The fourth-order valence-electron chi connectivity index (χ4n) is 6.79. The van der Waals surface area contributed by atoms with Crippen molar-refractivity contribution in [1.29, 1.82) is 5.26 Å². The third-order valence-electron chi connectivity index (χ3n) is 9.40. The SMILES string of the molecule is N#CCN(C(=O)NCc1ccccc1)N1CC(=O)N2[C@@H](Cc3ccc(C#CC(=O)OCc4ccccc4)cc3)C(=O)N(Cc3cccc4sc(N)nc34)C[C@@H]21. The summed E-state index contributed by atoms with van der Waals surface area (Å²) in [5.41, 5.74) is 10.6. The minimum Gasteiger partial charge on any atom is -0.451 e. The number of nitriles is 1. The largest absolute Gasteiger partial charge is 0.451 e. The normalized spacial score (nSPS) is 16.6. The fourth-order valence-corrected chi connectivity index (χ4v) is 7.57. The zero-order chi connectivity index (χ0) is 38.3. The van der Waals surface area contributed by atoms with E-state index in [4.69, 9.17) is 10.5 Å². The van der Waals surface area contributed by atoms with Crippen molar-refractivity contribution in [3.63, 3.8) is 0 Å². The quantitative estimate of drug-likeness (QED) is 0.122. The van der Waals surface area contributed by atoms with Gasteiger partial charge in [-0.1, -0.05) is 102 Å². The lowest BCUT2D eigenvalue weighted by Crippen LogP contribution is -2.66. The van der Waals surface area contributed by atoms with E-state index in [-0.39, 0.29) is 57.6 Å². The summed E-state index contributed by atoms with van der Waals surface area (Å²) in [5.74, 6) is 4.07. The molecule has 2 fully saturated rings. The van der Waals surface area contributed by atoms with Gasteiger partial charge in [0.05, 0.1) is 29.4 Å². The van der Waals surface area contributed by atoms with Gasteiger partial charge < -0.3 is 25.6 Å². The number of hydrogen-bond acceptors (Lipinski definition) is 10. The van der Waals surface area contributed by atoms with Gasteiger partial charge in [0.25, 0.3) is 0 Å². The molecule has 13 nitrogen and oxygen atoms in total. The minimum absolute atomic E-state index is 0.0832. The highest BCUT2D eigenvalue weighted by molar-refractivity contribution is 7.22. The van der Waals surface area contributed by atoms with Crippen LogP contribution in [-0.4, -0.2) is 80.5 Å². The lowest BCUT2D eigenvalue weighted by atomic mass is 9.99. The van der Waals surface area contributed by atoms with Crippen LogP contribution in [0.3, 0.4) is 0 Å². The number of fused-ring (bicyclic) bond motifs is 2. The van der Waals surface area contributed by atoms with Gasteiger partial charge >= 0.3 is 12.0 Å². The third kappa shape index (κ3) is 8.41. The third-order valence-corrected chi connectivity index (χ3v) is 10.3. The number of thiazole rings is 1. The number of nitrogens with zero attached hydrogens (tertiary/aromatic N) is 6. The van der Waals surface area contributed by atoms with Crippen molar-refractivity contribution in [3.05, 3.63) is 131 Å². The van der Waals surface area contributed by atoms with Crippen molar-refractivity contribution in [3.8, 4) is 17.9 Å². The molecule has 2 aliphatic rings. The number of carbonyl (C=O) groups is 4. The molecule has 2 atom stereocenters. The molecular weight excluding hydrogens is 717 g/mol. The molecule has 0 unspecified atom stereocenters. The molecule has 276 valence electrons. The zero-order valence-electron chi connectivity index (χ0n) is 29.6. The highest BCUT2D eigenvalue weighted by Gasteiger charge is 2.52. The first-order valence-electron chi connectivity index (χ1n) is 17.6. The predicted molar refractivity (Wildman–Crippen MR) is 205 cm³/mol. The second-order valence-electron chi connectivity index (χ2n) is 13.0. The van der Waals surface area contributed by atoms with E-state index >= 15 is 0 Å². The number of aromatic nitrogens is 1. The maximum absolute atomic E-state index is 14.4. The number of rotatable bonds is 10. The van der Waals surface area contributed by atoms with Crippen LogP contribution in [0.2, 0.25) is 0 Å². The van der Waals surface area contributed by atoms with Crippen LogP contribution in [0.1, 0.15) is 27.8 Å². The number of carbonyl (C=O) groups excluding carboxylic acids is 4. The van der Waals surface area contributed by atoms with E-state index in [9.17, 15) is 24.4 Å². The van der Waals surface area contributed by atoms with E-state index in [0.29, 0.717) is 16.2 Å². The molecule has 0 bridgehead atoms. The molecule has 4 aromatic carbocycles. The van der Waals surface area contributed by atoms with Crippen molar-refractivity contribution < 1.29 is 23.9 Å². The van der Waals surface area contributed by atoms with Crippen LogP contribution in [-0.2, 0) is 45.2 Å². The van der Waals surface area contributed by atoms with Crippen molar-refractivity contribution >= 4 is 50.5 Å². The van der Waals surface area contributed by atoms with Crippen LogP contribution in [0.5, 0.6) is 0 Å². The molecule has 1 aromatic heterocycles. The number of urea groups is 1. The number of nitrogen functional groups attached to an aromatic ring is 1. The van der Waals surface area contributed by atoms with Crippen molar-refractivity contribution in [2.45, 2.75) is 38.3 Å². The Morgan fingerprint density at radius 2 is 1.67 bits per heavy atom. The Bertz CT molecular complexity index is 2320. The summed E-state index contributed by atoms with van der Waals surface area (Å²) >= 11 is 1.36. The summed E-state index contributed by atoms with van der Waals surface area (Å²) in [5, 5.41) is 15.9. The van der Waals surface area contributed by atoms with Gasteiger partial charge in [-0.15, -0.1) is 0 Å². The maximum Gasteiger partial charge on any atom is 0.385 e. The van der Waals surface area contributed by atoms with Gasteiger partial charge in [0.2, 0.25) is 11.8 Å². The Hall–Kier alpha value is -6.74. The van der Waals surface area contributed by atoms with E-state index < -0.39 is 24.2 Å². The number of ether oxygens (including phenoxy) is 1. The number of nitrogens with two attached hydrogens (primary N) is 1. The van der Waals surface area contributed by atoms with E-state index in [1.54, 1.807) is 34.2 Å². The number of esters is 1. The molecule has 0 spiro atoms. The summed E-state index contributed by atoms with van der Waals surface area (Å²) in [4.78, 5) is 61.9. The second-order valence-corrected chi connectivity index (χ2v) is 14.1. The Labute approximate surface area is 321 Å². The van der Waals surface area contributed by atoms with E-state index in [2.05, 4.69) is 28.2 Å². The monoisotopic (exact) mass is 752 g/mol. The average Bonchev–Trinajstić information content (AvgIpc) is 3.75. The number of anilines is 1. The molecule has 2 aliphatic heterocycles.